The zero-order valence-corrected chi connectivity index (χ0v) is 52.8. The average Bonchev–Trinajstić information content (AvgIpc) is 1.58. The molecule has 0 saturated heterocycles. The topological polar surface area (TPSA) is 120 Å². The fourth-order valence-electron chi connectivity index (χ4n) is 13.8. The molecule has 98 heavy (non-hydrogen) atoms. The van der Waals surface area contributed by atoms with E-state index in [1.54, 1.807) is 0 Å². The maximum absolute atomic E-state index is 10.1. The van der Waals surface area contributed by atoms with Crippen molar-refractivity contribution >= 4 is 43.6 Å². The van der Waals surface area contributed by atoms with Crippen molar-refractivity contribution in [2.45, 2.75) is 0 Å². The van der Waals surface area contributed by atoms with Crippen molar-refractivity contribution in [2.24, 2.45) is 0 Å². The highest BCUT2D eigenvalue weighted by Gasteiger charge is 2.24. The summed E-state index contributed by atoms with van der Waals surface area (Å²) in [7, 11) is 0. The van der Waals surface area contributed by atoms with E-state index in [2.05, 4.69) is 246 Å². The number of benzene rings is 14. The molecular weight excluding hydrogens is 1190 g/mol. The molecule has 0 aliphatic carbocycles. The molecule has 3 heterocycles. The molecule has 0 unspecified atom stereocenters. The Morgan fingerprint density at radius 1 is 0.204 bits per heavy atom. The van der Waals surface area contributed by atoms with E-state index in [4.69, 9.17) is 15.0 Å². The number of rotatable bonds is 12. The summed E-state index contributed by atoms with van der Waals surface area (Å²) in [4.78, 5) is 16.9. The first-order chi connectivity index (χ1) is 48.4. The van der Waals surface area contributed by atoms with Crippen molar-refractivity contribution in [3.8, 4) is 142 Å². The van der Waals surface area contributed by atoms with Crippen LogP contribution in [0.3, 0.4) is 0 Å². The summed E-state index contributed by atoms with van der Waals surface area (Å²) < 4.78 is 4.68. The van der Waals surface area contributed by atoms with Gasteiger partial charge in [0.05, 0.1) is 57.0 Å². The molecular formula is C90H54N8. The van der Waals surface area contributed by atoms with E-state index in [0.29, 0.717) is 34.2 Å². The highest BCUT2D eigenvalue weighted by atomic mass is 15.0. The fourth-order valence-corrected chi connectivity index (χ4v) is 13.8. The average molecular weight is 1250 g/mol. The summed E-state index contributed by atoms with van der Waals surface area (Å²) in [6.45, 7) is 0. The Kier molecular flexibility index (Phi) is 14.5. The standard InChI is InChI=1S/C90H54N8/c91-55-58-24-30-65(31-25-58)68-22-13-23-73(48-68)88-94-89(82-53-74(40-42-76(82)66-32-26-59(56-92)27-33-66)97-84-44-36-69(61-14-5-1-6-15-61)49-78(84)79-50-70(37-45-85(79)97)62-16-7-2-8-17-62)96-90(95-88)83-54-75(41-43-77(83)67-34-28-60(57-93)29-35-67)98-86-46-38-71(63-18-9-3-10-19-63)51-80(86)81-52-72(39-47-87(81)98)64-20-11-4-12-21-64/h1-54H. The van der Waals surface area contributed by atoms with Crippen LogP contribution in [0.5, 0.6) is 0 Å². The molecule has 0 aliphatic heterocycles. The molecule has 14 aromatic carbocycles. The van der Waals surface area contributed by atoms with E-state index in [0.717, 1.165) is 150 Å². The van der Waals surface area contributed by atoms with Gasteiger partial charge < -0.3 is 9.13 Å². The van der Waals surface area contributed by atoms with Gasteiger partial charge in [0.15, 0.2) is 17.5 Å². The van der Waals surface area contributed by atoms with Gasteiger partial charge in [0.25, 0.3) is 0 Å². The fraction of sp³-hybridized carbons (Fsp3) is 0. The van der Waals surface area contributed by atoms with E-state index in [-0.39, 0.29) is 0 Å². The van der Waals surface area contributed by atoms with E-state index in [1.165, 1.54) is 0 Å². The summed E-state index contributed by atoms with van der Waals surface area (Å²) in [6, 6.07) is 120. The largest absolute Gasteiger partial charge is 0.309 e. The van der Waals surface area contributed by atoms with Crippen molar-refractivity contribution in [1.82, 2.24) is 24.1 Å². The maximum atomic E-state index is 10.1. The molecule has 0 saturated carbocycles. The monoisotopic (exact) mass is 1250 g/mol. The summed E-state index contributed by atoms with van der Waals surface area (Å²) in [6.07, 6.45) is 0. The van der Waals surface area contributed by atoms with E-state index >= 15 is 0 Å². The molecule has 17 rings (SSSR count). The van der Waals surface area contributed by atoms with Crippen LogP contribution in [-0.4, -0.2) is 24.1 Å². The van der Waals surface area contributed by atoms with Gasteiger partial charge in [-0.05, 0) is 193 Å². The normalized spacial score (nSPS) is 11.2. The Morgan fingerprint density at radius 3 is 0.816 bits per heavy atom. The Hall–Kier alpha value is -13.8. The molecule has 0 bridgehead atoms. The van der Waals surface area contributed by atoms with Gasteiger partial charge in [-0.25, -0.2) is 15.0 Å². The van der Waals surface area contributed by atoms with Crippen LogP contribution in [0.15, 0.2) is 328 Å². The van der Waals surface area contributed by atoms with Crippen LogP contribution in [0, 0.1) is 34.0 Å². The first-order valence-electron chi connectivity index (χ1n) is 32.5. The first-order valence-corrected chi connectivity index (χ1v) is 32.5. The molecule has 17 aromatic rings. The number of nitrogens with zero attached hydrogens (tertiary/aromatic N) is 8. The number of nitriles is 3. The van der Waals surface area contributed by atoms with Gasteiger partial charge in [-0.1, -0.05) is 212 Å². The lowest BCUT2D eigenvalue weighted by Crippen LogP contribution is -2.04. The predicted octanol–water partition coefficient (Wildman–Crippen LogP) is 22.4. The van der Waals surface area contributed by atoms with Gasteiger partial charge in [-0.3, -0.25) is 0 Å². The first kappa shape index (κ1) is 58.0. The Morgan fingerprint density at radius 2 is 0.480 bits per heavy atom. The minimum absolute atomic E-state index is 0.420. The second kappa shape index (κ2) is 24.6. The van der Waals surface area contributed by atoms with Gasteiger partial charge in [-0.2, -0.15) is 15.8 Å². The van der Waals surface area contributed by atoms with Crippen LogP contribution >= 0.6 is 0 Å². The van der Waals surface area contributed by atoms with E-state index < -0.39 is 0 Å². The van der Waals surface area contributed by atoms with Crippen LogP contribution in [-0.2, 0) is 0 Å². The third-order valence-corrected chi connectivity index (χ3v) is 18.7. The molecule has 0 atom stereocenters. The van der Waals surface area contributed by atoms with Crippen molar-refractivity contribution < 1.29 is 0 Å². The van der Waals surface area contributed by atoms with Crippen LogP contribution < -0.4 is 0 Å². The number of aromatic nitrogens is 5. The summed E-state index contributed by atoms with van der Waals surface area (Å²) in [5.74, 6) is 1.28. The van der Waals surface area contributed by atoms with Gasteiger partial charge in [0, 0.05) is 49.6 Å². The van der Waals surface area contributed by atoms with Gasteiger partial charge in [0.2, 0.25) is 0 Å². The van der Waals surface area contributed by atoms with E-state index in [9.17, 15) is 15.8 Å². The lowest BCUT2D eigenvalue weighted by molar-refractivity contribution is 1.07. The number of hydrogen-bond donors (Lipinski definition) is 0. The van der Waals surface area contributed by atoms with Crippen molar-refractivity contribution in [3.63, 3.8) is 0 Å². The van der Waals surface area contributed by atoms with Crippen molar-refractivity contribution in [1.29, 1.82) is 15.8 Å². The Bertz CT molecular complexity index is 5580. The van der Waals surface area contributed by atoms with Gasteiger partial charge in [-0.15, -0.1) is 0 Å². The quantitative estimate of drug-likeness (QED) is 0.120. The van der Waals surface area contributed by atoms with Gasteiger partial charge >= 0.3 is 0 Å². The Balaban J connectivity index is 0.932. The molecule has 0 amide bonds. The zero-order valence-electron chi connectivity index (χ0n) is 52.8. The molecule has 454 valence electrons. The highest BCUT2D eigenvalue weighted by molar-refractivity contribution is 6.13. The maximum Gasteiger partial charge on any atom is 0.164 e. The molecule has 0 spiro atoms. The third kappa shape index (κ3) is 10.6. The number of fused-ring (bicyclic) bond motifs is 6. The van der Waals surface area contributed by atoms with Crippen molar-refractivity contribution in [3.05, 3.63) is 344 Å². The summed E-state index contributed by atoms with van der Waals surface area (Å²) >= 11 is 0. The highest BCUT2D eigenvalue weighted by Crippen LogP contribution is 2.44. The molecule has 0 radical (unpaired) electrons. The van der Waals surface area contributed by atoms with Crippen LogP contribution in [0.25, 0.3) is 167 Å². The lowest BCUT2D eigenvalue weighted by Gasteiger charge is -2.17. The SMILES string of the molecule is N#Cc1ccc(-c2cccc(-c3nc(-c4cc(-n5c6ccc(-c7ccccc7)cc6c6cc(-c7ccccc7)ccc65)ccc4-c4ccc(C#N)cc4)nc(-c4cc(-n5c6ccc(-c7ccccc7)cc6c6cc(-c7ccccc7)ccc65)ccc4-c4ccc(C#N)cc4)n3)c2)cc1. The number of hydrogen-bond acceptors (Lipinski definition) is 6. The van der Waals surface area contributed by atoms with Crippen LogP contribution in [0.1, 0.15) is 16.7 Å². The molecule has 8 nitrogen and oxygen atoms in total. The van der Waals surface area contributed by atoms with Crippen LogP contribution in [0.2, 0.25) is 0 Å². The molecule has 3 aromatic heterocycles. The summed E-state index contributed by atoms with van der Waals surface area (Å²) in [5, 5.41) is 34.5. The Labute approximate surface area is 566 Å². The second-order valence-corrected chi connectivity index (χ2v) is 24.5. The second-order valence-electron chi connectivity index (χ2n) is 24.5. The van der Waals surface area contributed by atoms with Gasteiger partial charge in [0.1, 0.15) is 0 Å². The zero-order chi connectivity index (χ0) is 65.6. The minimum Gasteiger partial charge on any atom is -0.309 e. The molecule has 0 aliphatic rings. The summed E-state index contributed by atoms with van der Waals surface area (Å²) in [5.41, 5.74) is 24.0. The molecule has 8 heteroatoms. The lowest BCUT2D eigenvalue weighted by atomic mass is 9.96. The van der Waals surface area contributed by atoms with Crippen LogP contribution in [0.4, 0.5) is 0 Å². The molecule has 0 fully saturated rings. The van der Waals surface area contributed by atoms with E-state index in [1.807, 2.05) is 109 Å². The third-order valence-electron chi connectivity index (χ3n) is 18.7. The van der Waals surface area contributed by atoms with Crippen molar-refractivity contribution in [2.75, 3.05) is 0 Å². The molecule has 0 N–H and O–H groups in total. The minimum atomic E-state index is 0.420. The predicted molar refractivity (Wildman–Crippen MR) is 397 cm³/mol. The smallest absolute Gasteiger partial charge is 0.164 e.